The number of anilines is 1. The highest BCUT2D eigenvalue weighted by molar-refractivity contribution is 9.10. The van der Waals surface area contributed by atoms with E-state index < -0.39 is 5.41 Å². The summed E-state index contributed by atoms with van der Waals surface area (Å²) in [5, 5.41) is 2.89. The summed E-state index contributed by atoms with van der Waals surface area (Å²) in [4.78, 5) is 12.7. The molecule has 0 bridgehead atoms. The number of rotatable bonds is 4. The van der Waals surface area contributed by atoms with Crippen LogP contribution in [-0.2, 0) is 4.79 Å². The van der Waals surface area contributed by atoms with Gasteiger partial charge in [0.1, 0.15) is 5.75 Å². The Kier molecular flexibility index (Phi) is 4.34. The molecule has 0 aromatic heterocycles. The van der Waals surface area contributed by atoms with Gasteiger partial charge in [0.25, 0.3) is 0 Å². The van der Waals surface area contributed by atoms with Gasteiger partial charge in [0, 0.05) is 5.69 Å². The first-order valence-corrected chi connectivity index (χ1v) is 7.54. The lowest BCUT2D eigenvalue weighted by atomic mass is 9.62. The van der Waals surface area contributed by atoms with Gasteiger partial charge in [-0.1, -0.05) is 19.1 Å². The molecular formula is C14H17BrN2O2S. The van der Waals surface area contributed by atoms with E-state index in [-0.39, 0.29) is 10.9 Å². The molecule has 0 saturated heterocycles. The van der Waals surface area contributed by atoms with Crippen LogP contribution in [0, 0.1) is 11.3 Å². The number of nitrogens with two attached hydrogens (primary N) is 1. The number of benzene rings is 1. The van der Waals surface area contributed by atoms with Crippen molar-refractivity contribution in [3.8, 4) is 5.75 Å². The minimum absolute atomic E-state index is 0.125. The maximum absolute atomic E-state index is 12.4. The standard InChI is InChI=1S/C14H17BrN2O2S/c1-8-6-14(7-8,12(16)20)13(18)17-9-3-4-11(19-2)10(15)5-9/h3-5,8H,6-7H2,1-2H3,(H2,16,20)(H,17,18). The largest absolute Gasteiger partial charge is 0.496 e. The summed E-state index contributed by atoms with van der Waals surface area (Å²) in [6, 6.07) is 5.37. The molecule has 1 saturated carbocycles. The van der Waals surface area contributed by atoms with Gasteiger partial charge in [-0.3, -0.25) is 4.79 Å². The third-order valence-electron chi connectivity index (χ3n) is 3.71. The summed E-state index contributed by atoms with van der Waals surface area (Å²) in [6.07, 6.45) is 1.43. The van der Waals surface area contributed by atoms with E-state index in [2.05, 4.69) is 28.2 Å². The van der Waals surface area contributed by atoms with Gasteiger partial charge in [0.15, 0.2) is 0 Å². The first-order chi connectivity index (χ1) is 9.39. The summed E-state index contributed by atoms with van der Waals surface area (Å²) in [6.45, 7) is 2.09. The molecule has 1 aromatic rings. The molecule has 1 amide bonds. The average Bonchev–Trinajstić information content (AvgIpc) is 2.34. The molecule has 6 heteroatoms. The molecule has 1 aliphatic rings. The Morgan fingerprint density at radius 3 is 2.65 bits per heavy atom. The molecule has 0 unspecified atom stereocenters. The van der Waals surface area contributed by atoms with Crippen LogP contribution in [0.4, 0.5) is 5.69 Å². The average molecular weight is 357 g/mol. The van der Waals surface area contributed by atoms with Crippen LogP contribution in [0.15, 0.2) is 22.7 Å². The molecule has 2 rings (SSSR count). The number of nitrogens with one attached hydrogen (secondary N) is 1. The molecule has 1 aromatic carbocycles. The molecule has 3 N–H and O–H groups in total. The van der Waals surface area contributed by atoms with Gasteiger partial charge in [-0.15, -0.1) is 0 Å². The molecule has 1 fully saturated rings. The van der Waals surface area contributed by atoms with Crippen molar-refractivity contribution in [1.29, 1.82) is 0 Å². The summed E-state index contributed by atoms with van der Waals surface area (Å²) in [7, 11) is 1.59. The number of hydrogen-bond donors (Lipinski definition) is 2. The molecule has 0 spiro atoms. The van der Waals surface area contributed by atoms with E-state index in [4.69, 9.17) is 22.7 Å². The Bertz CT molecular complexity index is 556. The van der Waals surface area contributed by atoms with Gasteiger partial charge in [0.05, 0.1) is 22.0 Å². The van der Waals surface area contributed by atoms with Gasteiger partial charge in [0.2, 0.25) is 5.91 Å². The highest BCUT2D eigenvalue weighted by atomic mass is 79.9. The minimum Gasteiger partial charge on any atom is -0.496 e. The monoisotopic (exact) mass is 356 g/mol. The van der Waals surface area contributed by atoms with Gasteiger partial charge < -0.3 is 15.8 Å². The zero-order valence-corrected chi connectivity index (χ0v) is 13.8. The number of methoxy groups -OCH3 is 1. The lowest BCUT2D eigenvalue weighted by molar-refractivity contribution is -0.127. The van der Waals surface area contributed by atoms with Gasteiger partial charge in [-0.25, -0.2) is 0 Å². The molecule has 108 valence electrons. The van der Waals surface area contributed by atoms with Crippen LogP contribution >= 0.6 is 28.1 Å². The number of hydrogen-bond acceptors (Lipinski definition) is 3. The Morgan fingerprint density at radius 2 is 2.20 bits per heavy atom. The summed E-state index contributed by atoms with van der Waals surface area (Å²) in [5.41, 5.74) is 5.77. The van der Waals surface area contributed by atoms with E-state index in [0.717, 1.165) is 4.47 Å². The normalized spacial score (nSPS) is 24.6. The maximum atomic E-state index is 12.4. The fourth-order valence-corrected chi connectivity index (χ4v) is 3.42. The Hall–Kier alpha value is -1.14. The SMILES string of the molecule is COc1ccc(NC(=O)C2(C(N)=S)CC(C)C2)cc1Br. The van der Waals surface area contributed by atoms with Crippen LogP contribution in [0.25, 0.3) is 0 Å². The fraction of sp³-hybridized carbons (Fsp3) is 0.429. The van der Waals surface area contributed by atoms with Crippen molar-refractivity contribution in [1.82, 2.24) is 0 Å². The summed E-state index contributed by atoms with van der Waals surface area (Å²) >= 11 is 8.47. The predicted molar refractivity (Wildman–Crippen MR) is 86.9 cm³/mol. The third-order valence-corrected chi connectivity index (χ3v) is 4.72. The van der Waals surface area contributed by atoms with Crippen molar-refractivity contribution in [2.45, 2.75) is 19.8 Å². The molecule has 0 heterocycles. The predicted octanol–water partition coefficient (Wildman–Crippen LogP) is 3.10. The van der Waals surface area contributed by atoms with E-state index >= 15 is 0 Å². The zero-order chi connectivity index (χ0) is 14.9. The molecule has 0 atom stereocenters. The molecule has 0 radical (unpaired) electrons. The van der Waals surface area contributed by atoms with Crippen LogP contribution in [-0.4, -0.2) is 18.0 Å². The van der Waals surface area contributed by atoms with E-state index in [0.29, 0.717) is 30.2 Å². The smallest absolute Gasteiger partial charge is 0.237 e. The Balaban J connectivity index is 2.15. The first kappa shape index (κ1) is 15.3. The summed E-state index contributed by atoms with van der Waals surface area (Å²) < 4.78 is 5.94. The highest BCUT2D eigenvalue weighted by Gasteiger charge is 2.50. The summed E-state index contributed by atoms with van der Waals surface area (Å²) in [5.74, 6) is 1.06. The fourth-order valence-electron chi connectivity index (χ4n) is 2.62. The second-order valence-corrected chi connectivity index (χ2v) is 6.56. The van der Waals surface area contributed by atoms with Crippen LogP contribution < -0.4 is 15.8 Å². The van der Waals surface area contributed by atoms with Gasteiger partial charge in [-0.2, -0.15) is 0 Å². The number of halogens is 1. The van der Waals surface area contributed by atoms with E-state index in [9.17, 15) is 4.79 Å². The first-order valence-electron chi connectivity index (χ1n) is 6.34. The number of amides is 1. The minimum atomic E-state index is -0.693. The second-order valence-electron chi connectivity index (χ2n) is 5.26. The third kappa shape index (κ3) is 2.67. The lowest BCUT2D eigenvalue weighted by Gasteiger charge is -2.44. The van der Waals surface area contributed by atoms with Crippen molar-refractivity contribution < 1.29 is 9.53 Å². The number of carbonyl (C=O) groups excluding carboxylic acids is 1. The van der Waals surface area contributed by atoms with Crippen LogP contribution in [0.3, 0.4) is 0 Å². The highest BCUT2D eigenvalue weighted by Crippen LogP contribution is 2.46. The van der Waals surface area contributed by atoms with Crippen molar-refractivity contribution in [3.05, 3.63) is 22.7 Å². The van der Waals surface area contributed by atoms with Crippen LogP contribution in [0.2, 0.25) is 0 Å². The van der Waals surface area contributed by atoms with Crippen molar-refractivity contribution in [2.24, 2.45) is 17.1 Å². The Morgan fingerprint density at radius 1 is 1.55 bits per heavy atom. The number of ether oxygens (including phenoxy) is 1. The number of thiocarbonyl (C=S) groups is 1. The molecule has 0 aliphatic heterocycles. The second kappa shape index (κ2) is 5.69. The van der Waals surface area contributed by atoms with Crippen molar-refractivity contribution in [2.75, 3.05) is 12.4 Å². The van der Waals surface area contributed by atoms with E-state index in [1.165, 1.54) is 0 Å². The van der Waals surface area contributed by atoms with Crippen LogP contribution in [0.5, 0.6) is 5.75 Å². The van der Waals surface area contributed by atoms with Crippen LogP contribution in [0.1, 0.15) is 19.8 Å². The zero-order valence-electron chi connectivity index (χ0n) is 11.4. The molecule has 1 aliphatic carbocycles. The van der Waals surface area contributed by atoms with Crippen molar-refractivity contribution in [3.63, 3.8) is 0 Å². The van der Waals surface area contributed by atoms with E-state index in [1.807, 2.05) is 0 Å². The number of carbonyl (C=O) groups is 1. The molecule has 4 nitrogen and oxygen atoms in total. The van der Waals surface area contributed by atoms with Crippen molar-refractivity contribution >= 4 is 44.7 Å². The quantitative estimate of drug-likeness (QED) is 0.813. The Labute approximate surface area is 132 Å². The van der Waals surface area contributed by atoms with Gasteiger partial charge >= 0.3 is 0 Å². The van der Waals surface area contributed by atoms with E-state index in [1.54, 1.807) is 25.3 Å². The topological polar surface area (TPSA) is 64.3 Å². The maximum Gasteiger partial charge on any atom is 0.237 e. The molecule has 20 heavy (non-hydrogen) atoms. The lowest BCUT2D eigenvalue weighted by Crippen LogP contribution is -2.53. The van der Waals surface area contributed by atoms with Gasteiger partial charge in [-0.05, 0) is 52.9 Å². The molecular weight excluding hydrogens is 340 g/mol.